The lowest BCUT2D eigenvalue weighted by Gasteiger charge is -2.11. The average molecular weight is 206 g/mol. The lowest BCUT2D eigenvalue weighted by molar-refractivity contribution is 0.0526. The van der Waals surface area contributed by atoms with Crippen molar-refractivity contribution in [2.75, 3.05) is 6.61 Å². The Kier molecular flexibility index (Phi) is 3.89. The third kappa shape index (κ3) is 2.82. The van der Waals surface area contributed by atoms with Crippen LogP contribution in [0.2, 0.25) is 0 Å². The zero-order valence-electron chi connectivity index (χ0n) is 9.83. The number of rotatable bonds is 3. The van der Waals surface area contributed by atoms with Crippen LogP contribution in [0.5, 0.6) is 0 Å². The highest BCUT2D eigenvalue weighted by Gasteiger charge is 2.10. The Hall–Kier alpha value is -1.31. The maximum absolute atomic E-state index is 11.5. The van der Waals surface area contributed by atoms with Gasteiger partial charge in [-0.05, 0) is 43.0 Å². The van der Waals surface area contributed by atoms with Gasteiger partial charge in [-0.25, -0.2) is 4.79 Å². The quantitative estimate of drug-likeness (QED) is 0.709. The zero-order valence-corrected chi connectivity index (χ0v) is 9.83. The summed E-state index contributed by atoms with van der Waals surface area (Å²) in [6, 6.07) is 5.72. The van der Waals surface area contributed by atoms with Crippen LogP contribution in [0.3, 0.4) is 0 Å². The molecule has 0 atom stereocenters. The van der Waals surface area contributed by atoms with Gasteiger partial charge in [-0.15, -0.1) is 0 Å². The first-order valence-electron chi connectivity index (χ1n) is 5.34. The molecule has 0 saturated heterocycles. The maximum Gasteiger partial charge on any atom is 0.338 e. The maximum atomic E-state index is 11.5. The molecule has 0 aliphatic heterocycles. The van der Waals surface area contributed by atoms with Gasteiger partial charge in [0.1, 0.15) is 0 Å². The van der Waals surface area contributed by atoms with E-state index >= 15 is 0 Å². The fourth-order valence-electron chi connectivity index (χ4n) is 1.60. The highest BCUT2D eigenvalue weighted by atomic mass is 16.5. The number of ether oxygens (including phenoxy) is 1. The third-order valence-electron chi connectivity index (χ3n) is 2.41. The van der Waals surface area contributed by atoms with Crippen molar-refractivity contribution >= 4 is 5.97 Å². The van der Waals surface area contributed by atoms with Gasteiger partial charge in [-0.3, -0.25) is 0 Å². The van der Waals surface area contributed by atoms with E-state index in [0.29, 0.717) is 18.1 Å². The summed E-state index contributed by atoms with van der Waals surface area (Å²) in [7, 11) is 0. The molecule has 0 fully saturated rings. The summed E-state index contributed by atoms with van der Waals surface area (Å²) in [4.78, 5) is 11.5. The second kappa shape index (κ2) is 4.96. The highest BCUT2D eigenvalue weighted by molar-refractivity contribution is 5.89. The van der Waals surface area contributed by atoms with E-state index in [9.17, 15) is 4.79 Å². The Bertz CT molecular complexity index is 354. The van der Waals surface area contributed by atoms with Crippen molar-refractivity contribution in [3.05, 3.63) is 34.9 Å². The molecule has 15 heavy (non-hydrogen) atoms. The molecule has 0 N–H and O–H groups in total. The van der Waals surface area contributed by atoms with Gasteiger partial charge in [0.05, 0.1) is 12.2 Å². The van der Waals surface area contributed by atoms with Crippen molar-refractivity contribution in [3.63, 3.8) is 0 Å². The molecule has 0 unspecified atom stereocenters. The molecule has 2 nitrogen and oxygen atoms in total. The number of benzene rings is 1. The topological polar surface area (TPSA) is 26.3 Å². The summed E-state index contributed by atoms with van der Waals surface area (Å²) in [5, 5.41) is 0. The van der Waals surface area contributed by atoms with Crippen molar-refractivity contribution in [2.45, 2.75) is 33.6 Å². The largest absolute Gasteiger partial charge is 0.462 e. The van der Waals surface area contributed by atoms with Crippen LogP contribution < -0.4 is 0 Å². The third-order valence-corrected chi connectivity index (χ3v) is 2.41. The molecule has 1 rings (SSSR count). The van der Waals surface area contributed by atoms with Gasteiger partial charge in [-0.2, -0.15) is 0 Å². The highest BCUT2D eigenvalue weighted by Crippen LogP contribution is 2.20. The number of carbonyl (C=O) groups is 1. The molecule has 0 aliphatic carbocycles. The van der Waals surface area contributed by atoms with Crippen LogP contribution in [0.1, 0.15) is 48.2 Å². The first kappa shape index (κ1) is 11.8. The predicted octanol–water partition coefficient (Wildman–Crippen LogP) is 3.30. The monoisotopic (exact) mass is 206 g/mol. The van der Waals surface area contributed by atoms with Gasteiger partial charge < -0.3 is 4.74 Å². The van der Waals surface area contributed by atoms with Crippen LogP contribution in [0, 0.1) is 6.92 Å². The van der Waals surface area contributed by atoms with Gasteiger partial charge >= 0.3 is 5.97 Å². The summed E-state index contributed by atoms with van der Waals surface area (Å²) >= 11 is 0. The molecule has 0 aliphatic rings. The lowest BCUT2D eigenvalue weighted by atomic mass is 9.96. The molecular weight excluding hydrogens is 188 g/mol. The van der Waals surface area contributed by atoms with Crippen LogP contribution in [-0.4, -0.2) is 12.6 Å². The first-order chi connectivity index (χ1) is 7.06. The van der Waals surface area contributed by atoms with Crippen molar-refractivity contribution in [1.29, 1.82) is 0 Å². The van der Waals surface area contributed by atoms with Crippen LogP contribution in [0.15, 0.2) is 18.2 Å². The summed E-state index contributed by atoms with van der Waals surface area (Å²) in [6.07, 6.45) is 0. The van der Waals surface area contributed by atoms with Gasteiger partial charge in [0, 0.05) is 0 Å². The zero-order chi connectivity index (χ0) is 11.4. The normalized spacial score (nSPS) is 10.5. The smallest absolute Gasteiger partial charge is 0.338 e. The molecule has 1 aromatic rings. The molecule has 0 heterocycles. The Labute approximate surface area is 91.3 Å². The van der Waals surface area contributed by atoms with E-state index < -0.39 is 0 Å². The van der Waals surface area contributed by atoms with Crippen molar-refractivity contribution in [2.24, 2.45) is 0 Å². The van der Waals surface area contributed by atoms with E-state index in [4.69, 9.17) is 4.74 Å². The SMILES string of the molecule is CCOC(=O)c1ccc(C)c(C(C)C)c1. The van der Waals surface area contributed by atoms with Gasteiger partial charge in [0.2, 0.25) is 0 Å². The van der Waals surface area contributed by atoms with Crippen LogP contribution in [0.25, 0.3) is 0 Å². The minimum Gasteiger partial charge on any atom is -0.462 e. The molecule has 0 aromatic heterocycles. The number of hydrogen-bond acceptors (Lipinski definition) is 2. The van der Waals surface area contributed by atoms with Gasteiger partial charge in [-0.1, -0.05) is 19.9 Å². The average Bonchev–Trinajstić information content (AvgIpc) is 2.18. The molecule has 1 aromatic carbocycles. The Morgan fingerprint density at radius 3 is 2.60 bits per heavy atom. The molecule has 0 amide bonds. The second-order valence-electron chi connectivity index (χ2n) is 3.95. The number of carbonyl (C=O) groups excluding carboxylic acids is 1. The van der Waals surface area contributed by atoms with Gasteiger partial charge in [0.25, 0.3) is 0 Å². The summed E-state index contributed by atoms with van der Waals surface area (Å²) in [5.41, 5.74) is 3.07. The molecular formula is C13H18O2. The fraction of sp³-hybridized carbons (Fsp3) is 0.462. The van der Waals surface area contributed by atoms with Crippen LogP contribution >= 0.6 is 0 Å². The fourth-order valence-corrected chi connectivity index (χ4v) is 1.60. The van der Waals surface area contributed by atoms with Crippen LogP contribution in [0.4, 0.5) is 0 Å². The van der Waals surface area contributed by atoms with E-state index in [1.807, 2.05) is 25.1 Å². The van der Waals surface area contributed by atoms with E-state index in [1.54, 1.807) is 0 Å². The summed E-state index contributed by atoms with van der Waals surface area (Å²) < 4.78 is 4.96. The lowest BCUT2D eigenvalue weighted by Crippen LogP contribution is -2.06. The molecule has 0 bridgehead atoms. The molecule has 82 valence electrons. The number of aryl methyl sites for hydroxylation is 1. The van der Waals surface area contributed by atoms with E-state index in [1.165, 1.54) is 11.1 Å². The Balaban J connectivity index is 3.02. The Morgan fingerprint density at radius 2 is 2.07 bits per heavy atom. The number of hydrogen-bond donors (Lipinski definition) is 0. The van der Waals surface area contributed by atoms with E-state index in [-0.39, 0.29) is 5.97 Å². The van der Waals surface area contributed by atoms with E-state index in [0.717, 1.165) is 0 Å². The second-order valence-corrected chi connectivity index (χ2v) is 3.95. The van der Waals surface area contributed by atoms with Crippen molar-refractivity contribution in [1.82, 2.24) is 0 Å². The van der Waals surface area contributed by atoms with Gasteiger partial charge in [0.15, 0.2) is 0 Å². The minimum atomic E-state index is -0.237. The minimum absolute atomic E-state index is 0.237. The summed E-state index contributed by atoms with van der Waals surface area (Å²) in [6.45, 7) is 8.54. The van der Waals surface area contributed by atoms with E-state index in [2.05, 4.69) is 20.8 Å². The summed E-state index contributed by atoms with van der Waals surface area (Å²) in [5.74, 6) is 0.193. The van der Waals surface area contributed by atoms with Crippen LogP contribution in [-0.2, 0) is 4.74 Å². The first-order valence-corrected chi connectivity index (χ1v) is 5.34. The van der Waals surface area contributed by atoms with Crippen molar-refractivity contribution in [3.8, 4) is 0 Å². The van der Waals surface area contributed by atoms with Crippen molar-refractivity contribution < 1.29 is 9.53 Å². The standard InChI is InChI=1S/C13H18O2/c1-5-15-13(14)11-7-6-10(4)12(8-11)9(2)3/h6-9H,5H2,1-4H3. The predicted molar refractivity (Wildman–Crippen MR) is 61.2 cm³/mol. The molecule has 0 radical (unpaired) electrons. The number of esters is 1. The Morgan fingerprint density at radius 1 is 1.40 bits per heavy atom. The molecule has 0 saturated carbocycles. The molecule has 0 spiro atoms. The molecule has 2 heteroatoms.